The van der Waals surface area contributed by atoms with E-state index in [0.29, 0.717) is 28.1 Å². The van der Waals surface area contributed by atoms with Crippen molar-refractivity contribution >= 4 is 38.1 Å². The first-order valence-electron chi connectivity index (χ1n) is 9.47. The Morgan fingerprint density at radius 3 is 2.55 bits per heavy atom. The van der Waals surface area contributed by atoms with Gasteiger partial charge in [-0.1, -0.05) is 23.9 Å². The number of hydrogen-bond donors (Lipinski definition) is 0. The molecule has 2 atom stereocenters. The number of non-ortho nitro benzene ring substituents is 1. The minimum Gasteiger partial charge on any atom is -0.497 e. The highest BCUT2D eigenvalue weighted by Crippen LogP contribution is 2.41. The van der Waals surface area contributed by atoms with Gasteiger partial charge in [0.1, 0.15) is 11.5 Å². The smallest absolute Gasteiger partial charge is 0.269 e. The molecule has 0 bridgehead atoms. The van der Waals surface area contributed by atoms with E-state index in [1.54, 1.807) is 38.5 Å². The highest BCUT2D eigenvalue weighted by molar-refractivity contribution is 8.13. The first-order valence-corrected chi connectivity index (χ1v) is 12.3. The Kier molecular flexibility index (Phi) is 5.80. The molecule has 2 aromatic rings. The van der Waals surface area contributed by atoms with E-state index < -0.39 is 14.8 Å². The molecule has 2 aliphatic heterocycles. The number of aliphatic imine (C=N–C) groups is 1. The van der Waals surface area contributed by atoms with E-state index in [9.17, 15) is 18.5 Å². The van der Waals surface area contributed by atoms with Crippen molar-refractivity contribution in [1.29, 1.82) is 0 Å². The SMILES string of the molecule is COc1ccc(OC)c(N2C(SCc3ccc([N+](=O)[O-])cc3)=N[C@@H]3CS(=O)(=O)C[C@@H]32)c1. The third-order valence-electron chi connectivity index (χ3n) is 5.27. The summed E-state index contributed by atoms with van der Waals surface area (Å²) in [7, 11) is -0.0522. The van der Waals surface area contributed by atoms with Crippen LogP contribution in [-0.2, 0) is 15.6 Å². The van der Waals surface area contributed by atoms with Crippen LogP contribution >= 0.6 is 11.8 Å². The maximum Gasteiger partial charge on any atom is 0.269 e. The van der Waals surface area contributed by atoms with Crippen LogP contribution in [0.1, 0.15) is 5.56 Å². The van der Waals surface area contributed by atoms with Crippen LogP contribution in [0.15, 0.2) is 47.5 Å². The minimum atomic E-state index is -3.18. The molecular weight excluding hydrogens is 442 g/mol. The van der Waals surface area contributed by atoms with E-state index in [1.807, 2.05) is 11.0 Å². The lowest BCUT2D eigenvalue weighted by Gasteiger charge is -2.28. The normalized spacial score (nSPS) is 21.5. The Labute approximate surface area is 184 Å². The van der Waals surface area contributed by atoms with Gasteiger partial charge in [-0.2, -0.15) is 0 Å². The summed E-state index contributed by atoms with van der Waals surface area (Å²) in [6, 6.07) is 11.1. The summed E-state index contributed by atoms with van der Waals surface area (Å²) in [6.45, 7) is 0. The lowest BCUT2D eigenvalue weighted by Crippen LogP contribution is -2.39. The van der Waals surface area contributed by atoms with E-state index in [0.717, 1.165) is 5.56 Å². The lowest BCUT2D eigenvalue weighted by molar-refractivity contribution is -0.384. The Morgan fingerprint density at radius 1 is 1.16 bits per heavy atom. The van der Waals surface area contributed by atoms with Gasteiger partial charge < -0.3 is 14.4 Å². The van der Waals surface area contributed by atoms with Crippen LogP contribution in [0.5, 0.6) is 11.5 Å². The number of fused-ring (bicyclic) bond motifs is 1. The van der Waals surface area contributed by atoms with Gasteiger partial charge in [0.05, 0.1) is 48.4 Å². The molecule has 9 nitrogen and oxygen atoms in total. The van der Waals surface area contributed by atoms with E-state index in [-0.39, 0.29) is 29.3 Å². The fourth-order valence-electron chi connectivity index (χ4n) is 3.76. The van der Waals surface area contributed by atoms with Crippen molar-refractivity contribution < 1.29 is 22.8 Å². The number of nitrogens with zero attached hydrogens (tertiary/aromatic N) is 3. The Hall–Kier alpha value is -2.79. The molecule has 0 aliphatic carbocycles. The van der Waals surface area contributed by atoms with E-state index >= 15 is 0 Å². The topological polar surface area (TPSA) is 111 Å². The molecule has 0 spiro atoms. The van der Waals surface area contributed by atoms with Crippen molar-refractivity contribution in [2.75, 3.05) is 30.6 Å². The number of nitro groups is 1. The van der Waals surface area contributed by atoms with E-state index in [2.05, 4.69) is 0 Å². The number of hydrogen-bond acceptors (Lipinski definition) is 9. The fraction of sp³-hybridized carbons (Fsp3) is 0.350. The Morgan fingerprint density at radius 2 is 1.90 bits per heavy atom. The third-order valence-corrected chi connectivity index (χ3v) is 8.00. The number of amidine groups is 1. The largest absolute Gasteiger partial charge is 0.497 e. The molecule has 0 amide bonds. The van der Waals surface area contributed by atoms with Crippen molar-refractivity contribution in [2.24, 2.45) is 4.99 Å². The second-order valence-corrected chi connectivity index (χ2v) is 10.3. The highest BCUT2D eigenvalue weighted by atomic mass is 32.2. The molecule has 0 N–H and O–H groups in total. The van der Waals surface area contributed by atoms with Crippen molar-refractivity contribution in [3.63, 3.8) is 0 Å². The number of benzene rings is 2. The number of ether oxygens (including phenoxy) is 2. The molecule has 11 heteroatoms. The molecule has 164 valence electrons. The van der Waals surface area contributed by atoms with Crippen LogP contribution in [0.3, 0.4) is 0 Å². The van der Waals surface area contributed by atoms with Crippen molar-refractivity contribution in [2.45, 2.75) is 17.8 Å². The van der Waals surface area contributed by atoms with Gasteiger partial charge in [0.2, 0.25) is 0 Å². The second-order valence-electron chi connectivity index (χ2n) is 7.24. The molecule has 0 radical (unpaired) electrons. The first kappa shape index (κ1) is 21.4. The standard InChI is InChI=1S/C20H21N3O6S2/c1-28-15-7-8-19(29-2)17(9-15)22-18-12-31(26,27)11-16(18)21-20(22)30-10-13-3-5-14(6-4-13)23(24)25/h3-9,16,18H,10-12H2,1-2H3/t16-,18+/m1/s1. The zero-order valence-corrected chi connectivity index (χ0v) is 18.6. The monoisotopic (exact) mass is 463 g/mol. The van der Waals surface area contributed by atoms with Gasteiger partial charge in [0.25, 0.3) is 5.69 Å². The first-order chi connectivity index (χ1) is 14.8. The van der Waals surface area contributed by atoms with Gasteiger partial charge in [-0.3, -0.25) is 15.1 Å². The maximum atomic E-state index is 12.3. The van der Waals surface area contributed by atoms with Gasteiger partial charge in [-0.15, -0.1) is 0 Å². The number of thioether (sulfide) groups is 1. The van der Waals surface area contributed by atoms with Crippen LogP contribution in [0, 0.1) is 10.1 Å². The maximum absolute atomic E-state index is 12.3. The summed E-state index contributed by atoms with van der Waals surface area (Å²) >= 11 is 1.46. The predicted molar refractivity (Wildman–Crippen MR) is 120 cm³/mol. The van der Waals surface area contributed by atoms with Crippen LogP contribution < -0.4 is 14.4 Å². The fourth-order valence-corrected chi connectivity index (χ4v) is 6.68. The molecule has 1 saturated heterocycles. The molecule has 0 aromatic heterocycles. The zero-order chi connectivity index (χ0) is 22.2. The molecule has 2 aliphatic rings. The van der Waals surface area contributed by atoms with Gasteiger partial charge in [-0.25, -0.2) is 8.42 Å². The zero-order valence-electron chi connectivity index (χ0n) is 16.9. The van der Waals surface area contributed by atoms with E-state index in [1.165, 1.54) is 23.9 Å². The number of methoxy groups -OCH3 is 2. The molecule has 0 saturated carbocycles. The van der Waals surface area contributed by atoms with Crippen molar-refractivity contribution in [3.05, 3.63) is 58.1 Å². The summed E-state index contributed by atoms with van der Waals surface area (Å²) in [5.74, 6) is 1.78. The molecule has 2 heterocycles. The van der Waals surface area contributed by atoms with Crippen molar-refractivity contribution in [3.8, 4) is 11.5 Å². The van der Waals surface area contributed by atoms with Gasteiger partial charge in [-0.05, 0) is 17.7 Å². The lowest BCUT2D eigenvalue weighted by atomic mass is 10.1. The average molecular weight is 464 g/mol. The Bertz CT molecular complexity index is 1130. The molecule has 2 aromatic carbocycles. The minimum absolute atomic E-state index is 0.0159. The van der Waals surface area contributed by atoms with Crippen LogP contribution in [0.2, 0.25) is 0 Å². The van der Waals surface area contributed by atoms with Gasteiger partial charge >= 0.3 is 0 Å². The average Bonchev–Trinajstić information content (AvgIpc) is 3.22. The molecule has 4 rings (SSSR count). The second kappa shape index (κ2) is 8.39. The quantitative estimate of drug-likeness (QED) is 0.475. The summed E-state index contributed by atoms with van der Waals surface area (Å²) in [6.07, 6.45) is 0. The predicted octanol–water partition coefficient (Wildman–Crippen LogP) is 2.89. The van der Waals surface area contributed by atoms with Crippen LogP contribution in [-0.4, -0.2) is 56.3 Å². The summed E-state index contributed by atoms with van der Waals surface area (Å²) in [5.41, 5.74) is 1.64. The third kappa shape index (κ3) is 4.33. The van der Waals surface area contributed by atoms with Crippen LogP contribution in [0.25, 0.3) is 0 Å². The number of anilines is 1. The number of rotatable bonds is 6. The molecule has 0 unspecified atom stereocenters. The molecular formula is C20H21N3O6S2. The van der Waals surface area contributed by atoms with Gasteiger partial charge in [0.15, 0.2) is 15.0 Å². The van der Waals surface area contributed by atoms with Crippen molar-refractivity contribution in [1.82, 2.24) is 0 Å². The summed E-state index contributed by atoms with van der Waals surface area (Å²) < 4.78 is 35.4. The van der Waals surface area contributed by atoms with Gasteiger partial charge in [0, 0.05) is 24.0 Å². The number of sulfone groups is 1. The molecule has 1 fully saturated rings. The Balaban J connectivity index is 1.64. The van der Waals surface area contributed by atoms with Crippen LogP contribution in [0.4, 0.5) is 11.4 Å². The number of nitro benzene ring substituents is 1. The molecule has 31 heavy (non-hydrogen) atoms. The highest BCUT2D eigenvalue weighted by Gasteiger charge is 2.47. The van der Waals surface area contributed by atoms with E-state index in [4.69, 9.17) is 14.5 Å². The summed E-state index contributed by atoms with van der Waals surface area (Å²) in [5, 5.41) is 11.5. The summed E-state index contributed by atoms with van der Waals surface area (Å²) in [4.78, 5) is 17.1.